The van der Waals surface area contributed by atoms with Crippen LogP contribution in [0.25, 0.3) is 0 Å². The summed E-state index contributed by atoms with van der Waals surface area (Å²) in [6.45, 7) is 4.68. The zero-order chi connectivity index (χ0) is 24.8. The third-order valence-corrected chi connectivity index (χ3v) is 6.75. The van der Waals surface area contributed by atoms with E-state index in [1.54, 1.807) is 51.1 Å². The molecule has 0 saturated carbocycles. The molecule has 8 nitrogen and oxygen atoms in total. The van der Waals surface area contributed by atoms with Gasteiger partial charge in [-0.25, -0.2) is 8.70 Å². The molecule has 2 aromatic carbocycles. The summed E-state index contributed by atoms with van der Waals surface area (Å²) >= 11 is 0. The van der Waals surface area contributed by atoms with Crippen LogP contribution in [0.5, 0.6) is 0 Å². The number of nitrogens with one attached hydrogen (secondary N) is 1. The number of anilines is 1. The van der Waals surface area contributed by atoms with Gasteiger partial charge in [0.2, 0.25) is 11.8 Å². The fourth-order valence-corrected chi connectivity index (χ4v) is 4.14. The molecule has 180 valence electrons. The summed E-state index contributed by atoms with van der Waals surface area (Å²) in [5, 5.41) is 2.77. The maximum absolute atomic E-state index is 13.4. The van der Waals surface area contributed by atoms with Gasteiger partial charge in [0.05, 0.1) is 5.69 Å². The van der Waals surface area contributed by atoms with Gasteiger partial charge in [-0.1, -0.05) is 30.3 Å². The number of hydrogen-bond donors (Lipinski definition) is 1. The third-order valence-electron chi connectivity index (χ3n) is 4.93. The van der Waals surface area contributed by atoms with Gasteiger partial charge in [0.25, 0.3) is 0 Å². The van der Waals surface area contributed by atoms with Gasteiger partial charge in [-0.2, -0.15) is 12.7 Å². The molecule has 0 fully saturated rings. The van der Waals surface area contributed by atoms with Crippen molar-refractivity contribution in [3.05, 3.63) is 66.0 Å². The number of para-hydroxylation sites is 1. The van der Waals surface area contributed by atoms with E-state index in [4.69, 9.17) is 0 Å². The van der Waals surface area contributed by atoms with E-state index in [0.717, 1.165) is 8.61 Å². The van der Waals surface area contributed by atoms with Crippen molar-refractivity contribution < 1.29 is 22.4 Å². The van der Waals surface area contributed by atoms with Crippen molar-refractivity contribution in [2.24, 2.45) is 0 Å². The molecule has 33 heavy (non-hydrogen) atoms. The molecule has 0 radical (unpaired) electrons. The Morgan fingerprint density at radius 3 is 2.06 bits per heavy atom. The number of nitrogens with zero attached hydrogens (tertiary/aromatic N) is 3. The van der Waals surface area contributed by atoms with Gasteiger partial charge in [-0.05, 0) is 50.6 Å². The summed E-state index contributed by atoms with van der Waals surface area (Å²) in [5.41, 5.74) is 0.927. The Bertz CT molecular complexity index is 1040. The van der Waals surface area contributed by atoms with Gasteiger partial charge in [-0.3, -0.25) is 9.59 Å². The Morgan fingerprint density at radius 1 is 0.970 bits per heavy atom. The Kier molecular flexibility index (Phi) is 8.95. The van der Waals surface area contributed by atoms with E-state index in [-0.39, 0.29) is 18.5 Å². The van der Waals surface area contributed by atoms with Crippen molar-refractivity contribution in [1.82, 2.24) is 14.5 Å². The summed E-state index contributed by atoms with van der Waals surface area (Å²) < 4.78 is 41.4. The summed E-state index contributed by atoms with van der Waals surface area (Å²) in [4.78, 5) is 27.4. The van der Waals surface area contributed by atoms with E-state index >= 15 is 0 Å². The second kappa shape index (κ2) is 11.2. The number of rotatable bonds is 10. The number of benzene rings is 2. The highest BCUT2D eigenvalue weighted by atomic mass is 32.2. The second-order valence-electron chi connectivity index (χ2n) is 8.12. The standard InChI is InChI=1S/C23H31FN4O4S/c1-17(2)25-23(30)18(3)27(15-19-11-13-20(24)14-12-19)22(29)16-28(33(31,32)26(4)5)21-9-7-6-8-10-21/h6-14,17-18H,15-16H2,1-5H3,(H,25,30)/t18-/m0/s1. The average Bonchev–Trinajstić information content (AvgIpc) is 2.76. The van der Waals surface area contributed by atoms with E-state index in [1.165, 1.54) is 43.3 Å². The first-order chi connectivity index (χ1) is 15.4. The van der Waals surface area contributed by atoms with Crippen LogP contribution in [0.4, 0.5) is 10.1 Å². The third kappa shape index (κ3) is 7.00. The van der Waals surface area contributed by atoms with Crippen LogP contribution in [0.3, 0.4) is 0 Å². The van der Waals surface area contributed by atoms with Crippen molar-refractivity contribution in [3.63, 3.8) is 0 Å². The molecule has 0 unspecified atom stereocenters. The largest absolute Gasteiger partial charge is 0.352 e. The minimum absolute atomic E-state index is 0.0104. The molecule has 0 spiro atoms. The topological polar surface area (TPSA) is 90.0 Å². The molecule has 0 heterocycles. The van der Waals surface area contributed by atoms with Gasteiger partial charge in [0, 0.05) is 26.7 Å². The Hall–Kier alpha value is -2.98. The maximum Gasteiger partial charge on any atom is 0.304 e. The van der Waals surface area contributed by atoms with Gasteiger partial charge < -0.3 is 10.2 Å². The zero-order valence-electron chi connectivity index (χ0n) is 19.5. The first-order valence-corrected chi connectivity index (χ1v) is 11.9. The summed E-state index contributed by atoms with van der Waals surface area (Å²) in [6.07, 6.45) is 0. The van der Waals surface area contributed by atoms with Gasteiger partial charge in [0.15, 0.2) is 0 Å². The molecule has 1 atom stereocenters. The van der Waals surface area contributed by atoms with E-state index in [0.29, 0.717) is 11.3 Å². The van der Waals surface area contributed by atoms with Crippen LogP contribution in [0, 0.1) is 5.82 Å². The van der Waals surface area contributed by atoms with Crippen molar-refractivity contribution in [2.45, 2.75) is 39.4 Å². The Morgan fingerprint density at radius 2 is 1.55 bits per heavy atom. The van der Waals surface area contributed by atoms with Crippen molar-refractivity contribution >= 4 is 27.7 Å². The molecule has 0 saturated heterocycles. The number of carbonyl (C=O) groups excluding carboxylic acids is 2. The van der Waals surface area contributed by atoms with Crippen LogP contribution in [0.1, 0.15) is 26.3 Å². The average molecular weight is 479 g/mol. The van der Waals surface area contributed by atoms with Gasteiger partial charge in [0.1, 0.15) is 18.4 Å². The maximum atomic E-state index is 13.4. The summed E-state index contributed by atoms with van der Waals surface area (Å²) in [6, 6.07) is 12.8. The van der Waals surface area contributed by atoms with Crippen LogP contribution in [-0.4, -0.2) is 62.2 Å². The van der Waals surface area contributed by atoms with Crippen molar-refractivity contribution in [1.29, 1.82) is 0 Å². The van der Waals surface area contributed by atoms with Crippen LogP contribution in [0.2, 0.25) is 0 Å². The van der Waals surface area contributed by atoms with Gasteiger partial charge in [-0.15, -0.1) is 0 Å². The minimum Gasteiger partial charge on any atom is -0.352 e. The normalized spacial score (nSPS) is 12.5. The Balaban J connectivity index is 2.41. The summed E-state index contributed by atoms with van der Waals surface area (Å²) in [5.74, 6) is -1.36. The molecule has 2 aromatic rings. The quantitative estimate of drug-likeness (QED) is 0.568. The number of hydrogen-bond acceptors (Lipinski definition) is 4. The molecule has 0 bridgehead atoms. The fraction of sp³-hybridized carbons (Fsp3) is 0.391. The highest BCUT2D eigenvalue weighted by Gasteiger charge is 2.32. The highest BCUT2D eigenvalue weighted by molar-refractivity contribution is 7.90. The lowest BCUT2D eigenvalue weighted by molar-refractivity contribution is -0.139. The van der Waals surface area contributed by atoms with Crippen LogP contribution >= 0.6 is 0 Å². The monoisotopic (exact) mass is 478 g/mol. The molecule has 0 aliphatic rings. The fourth-order valence-electron chi connectivity index (χ4n) is 3.09. The smallest absolute Gasteiger partial charge is 0.304 e. The second-order valence-corrected chi connectivity index (χ2v) is 10.2. The first-order valence-electron chi connectivity index (χ1n) is 10.5. The predicted molar refractivity (Wildman–Crippen MR) is 126 cm³/mol. The van der Waals surface area contributed by atoms with Crippen LogP contribution in [-0.2, 0) is 26.3 Å². The molecule has 0 aliphatic carbocycles. The molecule has 1 N–H and O–H groups in total. The minimum atomic E-state index is -4.00. The number of carbonyl (C=O) groups is 2. The zero-order valence-corrected chi connectivity index (χ0v) is 20.3. The lowest BCUT2D eigenvalue weighted by Gasteiger charge is -2.33. The van der Waals surface area contributed by atoms with E-state index in [9.17, 15) is 22.4 Å². The lowest BCUT2D eigenvalue weighted by Crippen LogP contribution is -2.53. The first kappa shape index (κ1) is 26.3. The SMILES string of the molecule is CC(C)NC(=O)[C@H](C)N(Cc1ccc(F)cc1)C(=O)CN(c1ccccc1)S(=O)(=O)N(C)C. The number of amides is 2. The highest BCUT2D eigenvalue weighted by Crippen LogP contribution is 2.20. The lowest BCUT2D eigenvalue weighted by atomic mass is 10.1. The molecule has 0 aromatic heterocycles. The van der Waals surface area contributed by atoms with Crippen LogP contribution in [0.15, 0.2) is 54.6 Å². The molecule has 2 rings (SSSR count). The van der Waals surface area contributed by atoms with Crippen molar-refractivity contribution in [2.75, 3.05) is 24.9 Å². The van der Waals surface area contributed by atoms with Crippen molar-refractivity contribution in [3.8, 4) is 0 Å². The molecular formula is C23H31FN4O4S. The molecule has 2 amide bonds. The summed E-state index contributed by atoms with van der Waals surface area (Å²) in [7, 11) is -1.24. The molecule has 0 aliphatic heterocycles. The Labute approximate surface area is 195 Å². The molecule has 10 heteroatoms. The molecular weight excluding hydrogens is 447 g/mol. The van der Waals surface area contributed by atoms with E-state index < -0.39 is 34.5 Å². The van der Waals surface area contributed by atoms with E-state index in [2.05, 4.69) is 5.32 Å². The number of halogens is 1. The van der Waals surface area contributed by atoms with E-state index in [1.807, 2.05) is 0 Å². The van der Waals surface area contributed by atoms with Gasteiger partial charge >= 0.3 is 10.2 Å². The predicted octanol–water partition coefficient (Wildman–Crippen LogP) is 2.38. The van der Waals surface area contributed by atoms with Crippen LogP contribution < -0.4 is 9.62 Å².